The lowest BCUT2D eigenvalue weighted by Gasteiger charge is -2.17. The lowest BCUT2D eigenvalue weighted by atomic mass is 10.3. The van der Waals surface area contributed by atoms with Gasteiger partial charge < -0.3 is 10.6 Å². The van der Waals surface area contributed by atoms with Gasteiger partial charge in [-0.25, -0.2) is 8.42 Å². The highest BCUT2D eigenvalue weighted by Gasteiger charge is 2.22. The average Bonchev–Trinajstić information content (AvgIpc) is 2.98. The SMILES string of the molecule is CCN=C(NC(C)CCS(C)(=O)=O)NC1CC1. The Morgan fingerprint density at radius 2 is 2.12 bits per heavy atom. The van der Waals surface area contributed by atoms with Crippen molar-refractivity contribution in [3.8, 4) is 0 Å². The van der Waals surface area contributed by atoms with Gasteiger partial charge in [-0.2, -0.15) is 0 Å². The zero-order valence-corrected chi connectivity index (χ0v) is 11.7. The van der Waals surface area contributed by atoms with Crippen LogP contribution in [-0.4, -0.2) is 45.0 Å². The van der Waals surface area contributed by atoms with Crippen LogP contribution in [0.1, 0.15) is 33.1 Å². The molecule has 0 aromatic heterocycles. The zero-order chi connectivity index (χ0) is 12.9. The van der Waals surface area contributed by atoms with E-state index in [-0.39, 0.29) is 11.8 Å². The molecule has 0 aromatic carbocycles. The second kappa shape index (κ2) is 6.23. The van der Waals surface area contributed by atoms with Gasteiger partial charge in [0.25, 0.3) is 0 Å². The molecule has 0 saturated heterocycles. The highest BCUT2D eigenvalue weighted by atomic mass is 32.2. The van der Waals surface area contributed by atoms with E-state index in [2.05, 4.69) is 15.6 Å². The first-order valence-electron chi connectivity index (χ1n) is 6.16. The highest BCUT2D eigenvalue weighted by molar-refractivity contribution is 7.90. The zero-order valence-electron chi connectivity index (χ0n) is 10.9. The van der Waals surface area contributed by atoms with Gasteiger partial charge in [0.2, 0.25) is 0 Å². The number of aliphatic imine (C=N–C) groups is 1. The van der Waals surface area contributed by atoms with Crippen LogP contribution in [0.4, 0.5) is 0 Å². The van der Waals surface area contributed by atoms with E-state index in [4.69, 9.17) is 0 Å². The van der Waals surface area contributed by atoms with E-state index in [1.165, 1.54) is 19.1 Å². The van der Waals surface area contributed by atoms with Crippen LogP contribution >= 0.6 is 0 Å². The molecule has 0 aromatic rings. The number of guanidine groups is 1. The Morgan fingerprint density at radius 1 is 1.47 bits per heavy atom. The molecule has 0 aliphatic heterocycles. The van der Waals surface area contributed by atoms with Crippen molar-refractivity contribution in [2.45, 2.75) is 45.2 Å². The van der Waals surface area contributed by atoms with Crippen molar-refractivity contribution in [1.29, 1.82) is 0 Å². The van der Waals surface area contributed by atoms with Crippen LogP contribution in [0.5, 0.6) is 0 Å². The van der Waals surface area contributed by atoms with Crippen LogP contribution in [0.3, 0.4) is 0 Å². The molecule has 1 fully saturated rings. The van der Waals surface area contributed by atoms with Gasteiger partial charge in [0, 0.05) is 24.9 Å². The molecular weight excluding hydrogens is 238 g/mol. The van der Waals surface area contributed by atoms with E-state index in [9.17, 15) is 8.42 Å². The molecule has 0 radical (unpaired) electrons. The third-order valence-corrected chi connectivity index (χ3v) is 3.52. The number of hydrogen-bond donors (Lipinski definition) is 2. The fraction of sp³-hybridized carbons (Fsp3) is 0.909. The van der Waals surface area contributed by atoms with Gasteiger partial charge in [-0.1, -0.05) is 0 Å². The van der Waals surface area contributed by atoms with Gasteiger partial charge in [0.1, 0.15) is 9.84 Å². The maximum Gasteiger partial charge on any atom is 0.191 e. The predicted octanol–water partition coefficient (Wildman–Crippen LogP) is 0.527. The molecule has 0 bridgehead atoms. The van der Waals surface area contributed by atoms with Gasteiger partial charge >= 0.3 is 0 Å². The van der Waals surface area contributed by atoms with Crippen molar-refractivity contribution >= 4 is 15.8 Å². The van der Waals surface area contributed by atoms with Crippen molar-refractivity contribution in [1.82, 2.24) is 10.6 Å². The van der Waals surface area contributed by atoms with Crippen LogP contribution < -0.4 is 10.6 Å². The minimum absolute atomic E-state index is 0.112. The van der Waals surface area contributed by atoms with Crippen molar-refractivity contribution in [3.05, 3.63) is 0 Å². The lowest BCUT2D eigenvalue weighted by Crippen LogP contribution is -2.43. The molecule has 1 rings (SSSR count). The van der Waals surface area contributed by atoms with Gasteiger partial charge in [0.15, 0.2) is 5.96 Å². The maximum atomic E-state index is 11.1. The summed E-state index contributed by atoms with van der Waals surface area (Å²) in [4.78, 5) is 4.33. The number of nitrogens with zero attached hydrogens (tertiary/aromatic N) is 1. The van der Waals surface area contributed by atoms with E-state index in [1.54, 1.807) is 0 Å². The van der Waals surface area contributed by atoms with E-state index in [1.807, 2.05) is 13.8 Å². The Labute approximate surface area is 104 Å². The van der Waals surface area contributed by atoms with Gasteiger partial charge in [-0.3, -0.25) is 4.99 Å². The van der Waals surface area contributed by atoms with E-state index in [0.717, 1.165) is 12.5 Å². The molecule has 2 N–H and O–H groups in total. The second-order valence-corrected chi connectivity index (χ2v) is 6.97. The first-order chi connectivity index (χ1) is 7.90. The first kappa shape index (κ1) is 14.3. The molecule has 5 nitrogen and oxygen atoms in total. The molecule has 17 heavy (non-hydrogen) atoms. The molecule has 1 saturated carbocycles. The Hall–Kier alpha value is -0.780. The number of rotatable bonds is 6. The van der Waals surface area contributed by atoms with Crippen molar-refractivity contribution in [2.24, 2.45) is 4.99 Å². The topological polar surface area (TPSA) is 70.6 Å². The molecule has 1 atom stereocenters. The van der Waals surface area contributed by atoms with Crippen LogP contribution in [-0.2, 0) is 9.84 Å². The van der Waals surface area contributed by atoms with E-state index >= 15 is 0 Å². The second-order valence-electron chi connectivity index (χ2n) is 4.71. The van der Waals surface area contributed by atoms with Crippen LogP contribution in [0, 0.1) is 0 Å². The van der Waals surface area contributed by atoms with Crippen LogP contribution in [0.15, 0.2) is 4.99 Å². The van der Waals surface area contributed by atoms with Gasteiger partial charge in [-0.15, -0.1) is 0 Å². The molecule has 0 heterocycles. The first-order valence-corrected chi connectivity index (χ1v) is 8.22. The molecule has 100 valence electrons. The smallest absolute Gasteiger partial charge is 0.191 e. The van der Waals surface area contributed by atoms with Crippen molar-refractivity contribution in [3.63, 3.8) is 0 Å². The summed E-state index contributed by atoms with van der Waals surface area (Å²) in [5.74, 6) is 1.01. The number of nitrogens with one attached hydrogen (secondary N) is 2. The Balaban J connectivity index is 2.35. The Bertz CT molecular complexity index is 361. The maximum absolute atomic E-state index is 11.1. The normalized spacial score (nSPS) is 18.9. The summed E-state index contributed by atoms with van der Waals surface area (Å²) in [5.41, 5.74) is 0. The standard InChI is InChI=1S/C11H23N3O2S/c1-4-12-11(14-10-5-6-10)13-9(2)7-8-17(3,15)16/h9-10H,4-8H2,1-3H3,(H2,12,13,14). The molecule has 1 aliphatic rings. The summed E-state index contributed by atoms with van der Waals surface area (Å²) in [6.07, 6.45) is 4.27. The third kappa shape index (κ3) is 7.20. The highest BCUT2D eigenvalue weighted by Crippen LogP contribution is 2.18. The fourth-order valence-corrected chi connectivity index (χ4v) is 2.19. The summed E-state index contributed by atoms with van der Waals surface area (Å²) in [6, 6.07) is 0.663. The van der Waals surface area contributed by atoms with Crippen LogP contribution in [0.25, 0.3) is 0 Å². The van der Waals surface area contributed by atoms with Gasteiger partial charge in [0.05, 0.1) is 5.75 Å². The minimum Gasteiger partial charge on any atom is -0.354 e. The van der Waals surface area contributed by atoms with Gasteiger partial charge in [-0.05, 0) is 33.1 Å². The van der Waals surface area contributed by atoms with Crippen molar-refractivity contribution in [2.75, 3.05) is 18.6 Å². The quantitative estimate of drug-likeness (QED) is 0.540. The molecule has 1 unspecified atom stereocenters. The van der Waals surface area contributed by atoms with E-state index in [0.29, 0.717) is 12.5 Å². The van der Waals surface area contributed by atoms with Crippen molar-refractivity contribution < 1.29 is 8.42 Å². The Morgan fingerprint density at radius 3 is 2.59 bits per heavy atom. The molecule has 1 aliphatic carbocycles. The fourth-order valence-electron chi connectivity index (χ4n) is 1.41. The summed E-state index contributed by atoms with van der Waals surface area (Å²) >= 11 is 0. The lowest BCUT2D eigenvalue weighted by molar-refractivity contribution is 0.580. The summed E-state index contributed by atoms with van der Waals surface area (Å²) in [5, 5.41) is 6.55. The molecule has 6 heteroatoms. The Kier molecular flexibility index (Phi) is 5.24. The summed E-state index contributed by atoms with van der Waals surface area (Å²) in [6.45, 7) is 4.68. The van der Waals surface area contributed by atoms with Crippen LogP contribution in [0.2, 0.25) is 0 Å². The summed E-state index contributed by atoms with van der Waals surface area (Å²) in [7, 11) is -2.88. The molecule has 0 amide bonds. The number of hydrogen-bond acceptors (Lipinski definition) is 3. The minimum atomic E-state index is -2.88. The average molecular weight is 261 g/mol. The molecule has 0 spiro atoms. The van der Waals surface area contributed by atoms with E-state index < -0.39 is 9.84 Å². The largest absolute Gasteiger partial charge is 0.354 e. The third-order valence-electron chi connectivity index (χ3n) is 2.54. The monoisotopic (exact) mass is 261 g/mol. The summed E-state index contributed by atoms with van der Waals surface area (Å²) < 4.78 is 22.1. The molecular formula is C11H23N3O2S. The number of sulfone groups is 1. The predicted molar refractivity (Wildman–Crippen MR) is 71.1 cm³/mol.